The lowest BCUT2D eigenvalue weighted by atomic mass is 10.2. The third-order valence-electron chi connectivity index (χ3n) is 4.60. The quantitative estimate of drug-likeness (QED) is 0.720. The molecule has 0 aliphatic carbocycles. The molecule has 3 aromatic rings. The summed E-state index contributed by atoms with van der Waals surface area (Å²) in [5.41, 5.74) is 3.25. The second-order valence-corrected chi connectivity index (χ2v) is 6.18. The van der Waals surface area contributed by atoms with Gasteiger partial charge in [0, 0.05) is 37.1 Å². The van der Waals surface area contributed by atoms with Gasteiger partial charge in [-0.15, -0.1) is 0 Å². The summed E-state index contributed by atoms with van der Waals surface area (Å²) in [7, 11) is 0. The molecule has 25 heavy (non-hydrogen) atoms. The number of ether oxygens (including phenoxy) is 1. The zero-order valence-electron chi connectivity index (χ0n) is 14.5. The van der Waals surface area contributed by atoms with Gasteiger partial charge in [-0.1, -0.05) is 6.92 Å². The van der Waals surface area contributed by atoms with E-state index in [-0.39, 0.29) is 0 Å². The Labute approximate surface area is 145 Å². The highest BCUT2D eigenvalue weighted by atomic mass is 16.5. The minimum atomic E-state index is 0.317. The van der Waals surface area contributed by atoms with Gasteiger partial charge in [0.05, 0.1) is 19.5 Å². The molecule has 4 heterocycles. The van der Waals surface area contributed by atoms with Gasteiger partial charge >= 0.3 is 0 Å². The first-order valence-corrected chi connectivity index (χ1v) is 8.60. The molecule has 0 aromatic carbocycles. The summed E-state index contributed by atoms with van der Waals surface area (Å²) in [6.45, 7) is 7.28. The molecule has 1 unspecified atom stereocenters. The highest BCUT2D eigenvalue weighted by molar-refractivity contribution is 5.88. The van der Waals surface area contributed by atoms with E-state index in [9.17, 15) is 0 Å². The van der Waals surface area contributed by atoms with Crippen LogP contribution in [0.25, 0.3) is 22.4 Å². The van der Waals surface area contributed by atoms with Gasteiger partial charge in [0.1, 0.15) is 17.5 Å². The van der Waals surface area contributed by atoms with Crippen molar-refractivity contribution >= 4 is 17.1 Å². The van der Waals surface area contributed by atoms with Crippen LogP contribution in [-0.2, 0) is 4.74 Å². The van der Waals surface area contributed by atoms with Crippen molar-refractivity contribution in [3.8, 4) is 11.3 Å². The van der Waals surface area contributed by atoms with Crippen molar-refractivity contribution in [1.82, 2.24) is 29.5 Å². The van der Waals surface area contributed by atoms with Crippen LogP contribution in [0.2, 0.25) is 0 Å². The molecule has 8 nitrogen and oxygen atoms in total. The van der Waals surface area contributed by atoms with E-state index in [2.05, 4.69) is 38.3 Å². The van der Waals surface area contributed by atoms with E-state index in [0.29, 0.717) is 25.2 Å². The van der Waals surface area contributed by atoms with Crippen molar-refractivity contribution in [2.75, 3.05) is 31.2 Å². The molecule has 130 valence electrons. The van der Waals surface area contributed by atoms with Crippen LogP contribution >= 0.6 is 0 Å². The fourth-order valence-corrected chi connectivity index (χ4v) is 2.95. The summed E-state index contributed by atoms with van der Waals surface area (Å²) in [4.78, 5) is 24.6. The summed E-state index contributed by atoms with van der Waals surface area (Å²) in [6.07, 6.45) is 7.90. The molecule has 4 rings (SSSR count). The van der Waals surface area contributed by atoms with Crippen LogP contribution in [-0.4, -0.2) is 55.8 Å². The van der Waals surface area contributed by atoms with Crippen molar-refractivity contribution in [3.63, 3.8) is 0 Å². The predicted molar refractivity (Wildman–Crippen MR) is 94.4 cm³/mol. The third-order valence-corrected chi connectivity index (χ3v) is 4.60. The first-order chi connectivity index (χ1) is 12.3. The van der Waals surface area contributed by atoms with E-state index in [0.717, 1.165) is 41.9 Å². The third kappa shape index (κ3) is 2.93. The molecule has 1 fully saturated rings. The van der Waals surface area contributed by atoms with Gasteiger partial charge in [-0.25, -0.2) is 19.9 Å². The maximum atomic E-state index is 5.45. The van der Waals surface area contributed by atoms with E-state index >= 15 is 0 Å². The van der Waals surface area contributed by atoms with Crippen LogP contribution in [0.15, 0.2) is 25.0 Å². The highest BCUT2D eigenvalue weighted by Crippen LogP contribution is 2.28. The first kappa shape index (κ1) is 15.9. The van der Waals surface area contributed by atoms with Crippen molar-refractivity contribution in [3.05, 3.63) is 25.0 Å². The normalized spacial score (nSPS) is 16.3. The number of aromatic nitrogens is 6. The molecule has 0 N–H and O–H groups in total. The highest BCUT2D eigenvalue weighted by Gasteiger charge is 2.21. The molecular weight excluding hydrogens is 318 g/mol. The monoisotopic (exact) mass is 339 g/mol. The van der Waals surface area contributed by atoms with E-state index in [4.69, 9.17) is 14.7 Å². The number of morpholine rings is 1. The lowest BCUT2D eigenvalue weighted by Crippen LogP contribution is -2.37. The zero-order chi connectivity index (χ0) is 17.2. The molecule has 1 atom stereocenters. The maximum absolute atomic E-state index is 5.45. The Balaban J connectivity index is 1.91. The van der Waals surface area contributed by atoms with Crippen LogP contribution in [0.3, 0.4) is 0 Å². The molecule has 0 radical (unpaired) electrons. The number of hydrogen-bond acceptors (Lipinski definition) is 7. The summed E-state index contributed by atoms with van der Waals surface area (Å²) < 4.78 is 7.57. The molecule has 1 saturated heterocycles. The maximum Gasteiger partial charge on any atom is 0.228 e. The Hall–Kier alpha value is -2.61. The van der Waals surface area contributed by atoms with Gasteiger partial charge < -0.3 is 14.2 Å². The van der Waals surface area contributed by atoms with Crippen LogP contribution in [0.4, 0.5) is 5.95 Å². The molecule has 0 amide bonds. The Bertz CT molecular complexity index is 858. The lowest BCUT2D eigenvalue weighted by molar-refractivity contribution is 0.122. The average molecular weight is 339 g/mol. The zero-order valence-corrected chi connectivity index (χ0v) is 14.5. The average Bonchev–Trinajstić information content (AvgIpc) is 3.12. The largest absolute Gasteiger partial charge is 0.378 e. The van der Waals surface area contributed by atoms with Crippen LogP contribution < -0.4 is 4.90 Å². The second-order valence-electron chi connectivity index (χ2n) is 6.18. The van der Waals surface area contributed by atoms with Crippen LogP contribution in [0, 0.1) is 0 Å². The number of fused-ring (bicyclic) bond motifs is 1. The Morgan fingerprint density at radius 3 is 2.64 bits per heavy atom. The van der Waals surface area contributed by atoms with Crippen molar-refractivity contribution in [1.29, 1.82) is 0 Å². The van der Waals surface area contributed by atoms with Gasteiger partial charge in [0.25, 0.3) is 0 Å². The molecule has 8 heteroatoms. The fraction of sp³-hybridized carbons (Fsp3) is 0.471. The van der Waals surface area contributed by atoms with E-state index in [1.165, 1.54) is 6.33 Å². The molecule has 3 aromatic heterocycles. The fourth-order valence-electron chi connectivity index (χ4n) is 2.95. The molecule has 1 aliphatic rings. The number of anilines is 1. The standard InChI is InChI=1S/C17H21N7O/c1-3-12(2)24-11-20-15-14(13-8-18-10-19-9-13)21-17(22-16(15)24)23-4-6-25-7-5-23/h8-12H,3-7H2,1-2H3. The minimum Gasteiger partial charge on any atom is -0.378 e. The van der Waals surface area contributed by atoms with Crippen molar-refractivity contribution in [2.24, 2.45) is 0 Å². The molecule has 0 spiro atoms. The minimum absolute atomic E-state index is 0.317. The molecule has 0 saturated carbocycles. The summed E-state index contributed by atoms with van der Waals surface area (Å²) in [5, 5.41) is 0. The van der Waals surface area contributed by atoms with Crippen molar-refractivity contribution in [2.45, 2.75) is 26.3 Å². The second kappa shape index (κ2) is 6.72. The van der Waals surface area contributed by atoms with E-state index in [1.54, 1.807) is 12.4 Å². The van der Waals surface area contributed by atoms with Crippen LogP contribution in [0.1, 0.15) is 26.3 Å². The molecular formula is C17H21N7O. The Kier molecular flexibility index (Phi) is 4.27. The van der Waals surface area contributed by atoms with Gasteiger partial charge in [-0.3, -0.25) is 0 Å². The van der Waals surface area contributed by atoms with Crippen LogP contribution in [0.5, 0.6) is 0 Å². The topological polar surface area (TPSA) is 81.9 Å². The summed E-state index contributed by atoms with van der Waals surface area (Å²) in [6, 6.07) is 0.317. The summed E-state index contributed by atoms with van der Waals surface area (Å²) >= 11 is 0. The van der Waals surface area contributed by atoms with E-state index in [1.807, 2.05) is 6.33 Å². The smallest absolute Gasteiger partial charge is 0.228 e. The van der Waals surface area contributed by atoms with Crippen molar-refractivity contribution < 1.29 is 4.74 Å². The molecule has 1 aliphatic heterocycles. The summed E-state index contributed by atoms with van der Waals surface area (Å²) in [5.74, 6) is 0.708. The lowest BCUT2D eigenvalue weighted by Gasteiger charge is -2.27. The number of hydrogen-bond donors (Lipinski definition) is 0. The number of rotatable bonds is 4. The van der Waals surface area contributed by atoms with Gasteiger partial charge in [-0.05, 0) is 13.3 Å². The Morgan fingerprint density at radius 2 is 1.92 bits per heavy atom. The molecule has 0 bridgehead atoms. The Morgan fingerprint density at radius 1 is 1.16 bits per heavy atom. The van der Waals surface area contributed by atoms with Gasteiger partial charge in [0.2, 0.25) is 5.95 Å². The van der Waals surface area contributed by atoms with Gasteiger partial charge in [-0.2, -0.15) is 4.98 Å². The number of imidazole rings is 1. The van der Waals surface area contributed by atoms with Gasteiger partial charge in [0.15, 0.2) is 5.65 Å². The number of nitrogens with zero attached hydrogens (tertiary/aromatic N) is 7. The predicted octanol–water partition coefficient (Wildman–Crippen LogP) is 2.09. The van der Waals surface area contributed by atoms with E-state index < -0.39 is 0 Å². The first-order valence-electron chi connectivity index (χ1n) is 8.60. The SMILES string of the molecule is CCC(C)n1cnc2c(-c3cncnc3)nc(N3CCOCC3)nc21.